The van der Waals surface area contributed by atoms with E-state index in [1.54, 1.807) is 6.07 Å². The lowest BCUT2D eigenvalue weighted by molar-refractivity contribution is -0.121. The summed E-state index contributed by atoms with van der Waals surface area (Å²) in [7, 11) is 0. The molecule has 0 bridgehead atoms. The van der Waals surface area contributed by atoms with E-state index in [0.717, 1.165) is 55.7 Å². The summed E-state index contributed by atoms with van der Waals surface area (Å²) in [5.74, 6) is 1.64. The second-order valence-electron chi connectivity index (χ2n) is 6.46. The molecule has 1 amide bonds. The molecule has 5 heteroatoms. The predicted molar refractivity (Wildman–Crippen MR) is 86.7 cm³/mol. The predicted octanol–water partition coefficient (Wildman–Crippen LogP) is 2.62. The maximum absolute atomic E-state index is 12.8. The van der Waals surface area contributed by atoms with Gasteiger partial charge in [-0.05, 0) is 42.5 Å². The topological polar surface area (TPSA) is 47.3 Å². The van der Waals surface area contributed by atoms with Crippen molar-refractivity contribution >= 4 is 22.2 Å². The molecule has 1 aromatic heterocycles. The standard InChI is InChI=1S/C17H19N3OS/c18-9-12-6-8-22-17(12)20-7-5-15(16(20)21)19-10-13-3-1-2-4-14(13)11-19/h1-2,6,8,13-15H,3-5,7,10-11H2/t13-,14-,15-/m0/s1. The van der Waals surface area contributed by atoms with Gasteiger partial charge in [-0.3, -0.25) is 9.69 Å². The summed E-state index contributed by atoms with van der Waals surface area (Å²) in [4.78, 5) is 17.1. The Morgan fingerprint density at radius 3 is 2.64 bits per heavy atom. The van der Waals surface area contributed by atoms with Crippen LogP contribution in [0.5, 0.6) is 0 Å². The van der Waals surface area contributed by atoms with E-state index in [1.807, 2.05) is 10.3 Å². The molecule has 114 valence electrons. The molecule has 3 aliphatic rings. The maximum atomic E-state index is 12.8. The average molecular weight is 313 g/mol. The van der Waals surface area contributed by atoms with Gasteiger partial charge in [0.1, 0.15) is 11.1 Å². The Hall–Kier alpha value is -1.64. The van der Waals surface area contributed by atoms with E-state index in [9.17, 15) is 10.1 Å². The fourth-order valence-electron chi connectivity index (χ4n) is 4.11. The molecule has 3 heterocycles. The summed E-state index contributed by atoms with van der Waals surface area (Å²) in [5.41, 5.74) is 0.623. The summed E-state index contributed by atoms with van der Waals surface area (Å²) in [6.07, 6.45) is 7.79. The van der Waals surface area contributed by atoms with Gasteiger partial charge in [-0.25, -0.2) is 0 Å². The van der Waals surface area contributed by atoms with Crippen LogP contribution in [0.3, 0.4) is 0 Å². The SMILES string of the molecule is N#Cc1ccsc1N1CC[C@H](N2C[C@@H]3CC=CC[C@H]3C2)C1=O. The minimum Gasteiger partial charge on any atom is -0.301 e. The first-order chi connectivity index (χ1) is 10.8. The van der Waals surface area contributed by atoms with Crippen LogP contribution in [0.25, 0.3) is 0 Å². The van der Waals surface area contributed by atoms with E-state index in [4.69, 9.17) is 0 Å². The maximum Gasteiger partial charge on any atom is 0.245 e. The van der Waals surface area contributed by atoms with E-state index in [0.29, 0.717) is 5.56 Å². The molecular formula is C17H19N3OS. The van der Waals surface area contributed by atoms with Gasteiger partial charge in [-0.15, -0.1) is 11.3 Å². The van der Waals surface area contributed by atoms with Crippen LogP contribution in [0.15, 0.2) is 23.6 Å². The smallest absolute Gasteiger partial charge is 0.245 e. The molecule has 2 aliphatic heterocycles. The fraction of sp³-hybridized carbons (Fsp3) is 0.529. The molecule has 0 unspecified atom stereocenters. The summed E-state index contributed by atoms with van der Waals surface area (Å²) in [6.45, 7) is 2.84. The number of nitrogens with zero attached hydrogens (tertiary/aromatic N) is 3. The second-order valence-corrected chi connectivity index (χ2v) is 7.36. The lowest BCUT2D eigenvalue weighted by Crippen LogP contribution is -2.40. The number of carbonyl (C=O) groups excluding carboxylic acids is 1. The zero-order valence-corrected chi connectivity index (χ0v) is 13.3. The number of likely N-dealkylation sites (tertiary alicyclic amines) is 1. The molecule has 2 saturated heterocycles. The van der Waals surface area contributed by atoms with Crippen molar-refractivity contribution in [3.05, 3.63) is 29.2 Å². The van der Waals surface area contributed by atoms with Gasteiger partial charge < -0.3 is 4.90 Å². The summed E-state index contributed by atoms with van der Waals surface area (Å²) >= 11 is 1.49. The minimum absolute atomic E-state index is 0.0132. The molecule has 4 rings (SSSR count). The summed E-state index contributed by atoms with van der Waals surface area (Å²) in [6, 6.07) is 4.01. The molecule has 1 aliphatic carbocycles. The van der Waals surface area contributed by atoms with E-state index >= 15 is 0 Å². The normalized spacial score (nSPS) is 31.5. The number of rotatable bonds is 2. The van der Waals surface area contributed by atoms with Crippen LogP contribution < -0.4 is 4.90 Å². The Labute approximate surface area is 134 Å². The molecule has 0 spiro atoms. The molecule has 0 radical (unpaired) electrons. The highest BCUT2D eigenvalue weighted by Crippen LogP contribution is 2.37. The molecule has 4 nitrogen and oxygen atoms in total. The Bertz CT molecular complexity index is 643. The number of thiophene rings is 1. The Balaban J connectivity index is 1.50. The van der Waals surface area contributed by atoms with Gasteiger partial charge in [0.25, 0.3) is 0 Å². The molecule has 22 heavy (non-hydrogen) atoms. The highest BCUT2D eigenvalue weighted by atomic mass is 32.1. The summed E-state index contributed by atoms with van der Waals surface area (Å²) < 4.78 is 0. The van der Waals surface area contributed by atoms with Crippen molar-refractivity contribution in [2.24, 2.45) is 11.8 Å². The number of amides is 1. The van der Waals surface area contributed by atoms with Gasteiger partial charge in [-0.1, -0.05) is 12.2 Å². The van der Waals surface area contributed by atoms with Gasteiger partial charge in [0.15, 0.2) is 0 Å². The van der Waals surface area contributed by atoms with Crippen LogP contribution >= 0.6 is 11.3 Å². The molecule has 0 aromatic carbocycles. The van der Waals surface area contributed by atoms with Crippen molar-refractivity contribution in [2.75, 3.05) is 24.5 Å². The van der Waals surface area contributed by atoms with E-state index < -0.39 is 0 Å². The van der Waals surface area contributed by atoms with Gasteiger partial charge in [0, 0.05) is 19.6 Å². The number of fused-ring (bicyclic) bond motifs is 1. The van der Waals surface area contributed by atoms with Crippen molar-refractivity contribution in [3.8, 4) is 6.07 Å². The van der Waals surface area contributed by atoms with E-state index in [1.165, 1.54) is 11.3 Å². The van der Waals surface area contributed by atoms with E-state index in [-0.39, 0.29) is 11.9 Å². The zero-order chi connectivity index (χ0) is 15.1. The Morgan fingerprint density at radius 1 is 1.23 bits per heavy atom. The first kappa shape index (κ1) is 14.0. The lowest BCUT2D eigenvalue weighted by Gasteiger charge is -2.23. The van der Waals surface area contributed by atoms with Crippen LogP contribution in [0.1, 0.15) is 24.8 Å². The highest BCUT2D eigenvalue weighted by Gasteiger charge is 2.43. The van der Waals surface area contributed by atoms with Crippen LogP contribution in [-0.2, 0) is 4.79 Å². The van der Waals surface area contributed by atoms with Gasteiger partial charge >= 0.3 is 0 Å². The molecule has 0 N–H and O–H groups in total. The van der Waals surface area contributed by atoms with Crippen molar-refractivity contribution in [2.45, 2.75) is 25.3 Å². The van der Waals surface area contributed by atoms with Crippen LogP contribution in [0.2, 0.25) is 0 Å². The largest absolute Gasteiger partial charge is 0.301 e. The first-order valence-electron chi connectivity index (χ1n) is 7.96. The number of allylic oxidation sites excluding steroid dienone is 2. The number of carbonyl (C=O) groups is 1. The van der Waals surface area contributed by atoms with Crippen molar-refractivity contribution < 1.29 is 4.79 Å². The number of anilines is 1. The van der Waals surface area contributed by atoms with Gasteiger partial charge in [0.2, 0.25) is 5.91 Å². The average Bonchev–Trinajstić information content (AvgIpc) is 3.23. The third-order valence-electron chi connectivity index (χ3n) is 5.28. The van der Waals surface area contributed by atoms with Gasteiger partial charge in [-0.2, -0.15) is 5.26 Å². The van der Waals surface area contributed by atoms with Crippen molar-refractivity contribution in [3.63, 3.8) is 0 Å². The van der Waals surface area contributed by atoms with Crippen LogP contribution in [0, 0.1) is 23.2 Å². The summed E-state index contributed by atoms with van der Waals surface area (Å²) in [5, 5.41) is 11.9. The molecular weight excluding hydrogens is 294 g/mol. The lowest BCUT2D eigenvalue weighted by atomic mass is 9.86. The van der Waals surface area contributed by atoms with Crippen LogP contribution in [0.4, 0.5) is 5.00 Å². The Kier molecular flexibility index (Phi) is 3.51. The monoisotopic (exact) mass is 313 g/mol. The number of hydrogen-bond donors (Lipinski definition) is 0. The molecule has 0 saturated carbocycles. The molecule has 1 aromatic rings. The minimum atomic E-state index is 0.0132. The second kappa shape index (κ2) is 5.53. The first-order valence-corrected chi connectivity index (χ1v) is 8.84. The zero-order valence-electron chi connectivity index (χ0n) is 12.4. The highest BCUT2D eigenvalue weighted by molar-refractivity contribution is 7.14. The third kappa shape index (κ3) is 2.18. The van der Waals surface area contributed by atoms with Crippen molar-refractivity contribution in [1.82, 2.24) is 4.90 Å². The molecule has 3 atom stereocenters. The van der Waals surface area contributed by atoms with Crippen LogP contribution in [-0.4, -0.2) is 36.5 Å². The quantitative estimate of drug-likeness (QED) is 0.789. The van der Waals surface area contributed by atoms with Gasteiger partial charge in [0.05, 0.1) is 11.6 Å². The number of hydrogen-bond acceptors (Lipinski definition) is 4. The fourth-order valence-corrected chi connectivity index (χ4v) is 4.99. The Morgan fingerprint density at radius 2 is 1.95 bits per heavy atom. The number of nitriles is 1. The third-order valence-corrected chi connectivity index (χ3v) is 6.21. The van der Waals surface area contributed by atoms with E-state index in [2.05, 4.69) is 23.1 Å². The van der Waals surface area contributed by atoms with Crippen molar-refractivity contribution in [1.29, 1.82) is 5.26 Å². The molecule has 2 fully saturated rings.